The van der Waals surface area contributed by atoms with Gasteiger partial charge >= 0.3 is 0 Å². The van der Waals surface area contributed by atoms with Crippen LogP contribution in [0.5, 0.6) is 0 Å². The molecule has 38 heavy (non-hydrogen) atoms. The second-order valence-electron chi connectivity index (χ2n) is 13.5. The molecule has 0 amide bonds. The molecule has 0 saturated heterocycles. The molecule has 3 fully saturated rings. The summed E-state index contributed by atoms with van der Waals surface area (Å²) in [5.41, 5.74) is 5.52. The number of rotatable bonds is 8. The van der Waals surface area contributed by atoms with Crippen molar-refractivity contribution in [3.05, 3.63) is 70.5 Å². The monoisotopic (exact) mass is 516 g/mol. The Morgan fingerprint density at radius 2 is 1.37 bits per heavy atom. The first-order valence-electron chi connectivity index (χ1n) is 16.4. The quantitative estimate of drug-likeness (QED) is 0.327. The Hall–Kier alpha value is -1.63. The molecule has 3 saturated carbocycles. The molecule has 0 radical (unpaired) electrons. The first-order valence-corrected chi connectivity index (χ1v) is 16.4. The molecule has 0 heterocycles. The second kappa shape index (κ2) is 12.7. The lowest BCUT2D eigenvalue weighted by Crippen LogP contribution is -2.36. The molecule has 1 atom stereocenters. The van der Waals surface area contributed by atoms with E-state index in [0.29, 0.717) is 11.8 Å². The van der Waals surface area contributed by atoms with Gasteiger partial charge in [-0.3, -0.25) is 0 Å². The van der Waals surface area contributed by atoms with Gasteiger partial charge in [-0.05, 0) is 134 Å². The minimum Gasteiger partial charge on any atom is -0.207 e. The van der Waals surface area contributed by atoms with Crippen molar-refractivity contribution in [2.24, 2.45) is 17.8 Å². The minimum absolute atomic E-state index is 0.0918. The molecule has 3 aliphatic rings. The first-order chi connectivity index (χ1) is 18.5. The topological polar surface area (TPSA) is 0 Å². The number of hydrogen-bond acceptors (Lipinski definition) is 0. The molecule has 0 N–H and O–H groups in total. The van der Waals surface area contributed by atoms with Crippen LogP contribution < -0.4 is 0 Å². The highest BCUT2D eigenvalue weighted by Gasteiger charge is 2.39. The molecular weight excluding hydrogens is 463 g/mol. The number of hydrogen-bond donors (Lipinski definition) is 0. The van der Waals surface area contributed by atoms with Gasteiger partial charge in [0.1, 0.15) is 5.82 Å². The lowest BCUT2D eigenvalue weighted by atomic mass is 9.61. The summed E-state index contributed by atoms with van der Waals surface area (Å²) in [6, 6.07) is 16.0. The molecule has 0 aromatic heterocycles. The van der Waals surface area contributed by atoms with Crippen LogP contribution in [0.3, 0.4) is 0 Å². The lowest BCUT2D eigenvalue weighted by molar-refractivity contribution is 0.176. The maximum atomic E-state index is 15.7. The number of aryl methyl sites for hydroxylation is 1. The molecule has 1 heteroatoms. The van der Waals surface area contributed by atoms with E-state index in [-0.39, 0.29) is 11.2 Å². The third kappa shape index (κ3) is 5.93. The van der Waals surface area contributed by atoms with E-state index in [4.69, 9.17) is 0 Å². The maximum Gasteiger partial charge on any atom is 0.126 e. The first kappa shape index (κ1) is 27.9. The maximum absolute atomic E-state index is 15.7. The summed E-state index contributed by atoms with van der Waals surface area (Å²) in [6.45, 7) is 6.96. The molecule has 1 unspecified atom stereocenters. The van der Waals surface area contributed by atoms with Crippen molar-refractivity contribution in [2.45, 2.75) is 141 Å². The largest absolute Gasteiger partial charge is 0.207 e. The van der Waals surface area contributed by atoms with E-state index in [1.807, 2.05) is 6.07 Å². The molecule has 3 aliphatic carbocycles. The zero-order valence-electron chi connectivity index (χ0n) is 24.6. The highest BCUT2D eigenvalue weighted by molar-refractivity contribution is 5.34. The third-order valence-electron chi connectivity index (χ3n) is 11.5. The summed E-state index contributed by atoms with van der Waals surface area (Å²) in [5, 5.41) is 0. The summed E-state index contributed by atoms with van der Waals surface area (Å²) < 4.78 is 15.7. The fourth-order valence-corrected chi connectivity index (χ4v) is 8.98. The Bertz CT molecular complexity index is 998. The molecule has 0 spiro atoms. The van der Waals surface area contributed by atoms with Crippen molar-refractivity contribution in [3.63, 3.8) is 0 Å². The predicted octanol–water partition coefficient (Wildman–Crippen LogP) is 11.3. The van der Waals surface area contributed by atoms with Crippen LogP contribution in [0.2, 0.25) is 0 Å². The minimum atomic E-state index is 0.0918. The van der Waals surface area contributed by atoms with Gasteiger partial charge in [-0.15, -0.1) is 0 Å². The van der Waals surface area contributed by atoms with E-state index in [0.717, 1.165) is 29.7 Å². The van der Waals surface area contributed by atoms with Gasteiger partial charge in [-0.2, -0.15) is 0 Å². The van der Waals surface area contributed by atoms with Crippen LogP contribution in [0, 0.1) is 23.6 Å². The van der Waals surface area contributed by atoms with Crippen molar-refractivity contribution >= 4 is 0 Å². The number of halogens is 1. The molecule has 208 valence electrons. The van der Waals surface area contributed by atoms with Gasteiger partial charge in [0, 0.05) is 0 Å². The van der Waals surface area contributed by atoms with Crippen LogP contribution in [0.25, 0.3) is 0 Å². The van der Waals surface area contributed by atoms with Gasteiger partial charge in [0.15, 0.2) is 0 Å². The summed E-state index contributed by atoms with van der Waals surface area (Å²) >= 11 is 0. The molecule has 0 nitrogen and oxygen atoms in total. The van der Waals surface area contributed by atoms with Crippen LogP contribution in [-0.4, -0.2) is 0 Å². The number of benzene rings is 2. The van der Waals surface area contributed by atoms with Crippen LogP contribution in [0.15, 0.2) is 42.5 Å². The fraction of sp³-hybridized carbons (Fsp3) is 0.676. The Morgan fingerprint density at radius 1 is 0.763 bits per heavy atom. The van der Waals surface area contributed by atoms with Gasteiger partial charge in [0.2, 0.25) is 0 Å². The Morgan fingerprint density at radius 3 is 1.92 bits per heavy atom. The van der Waals surface area contributed by atoms with Gasteiger partial charge < -0.3 is 0 Å². The highest BCUT2D eigenvalue weighted by Crippen LogP contribution is 2.49. The van der Waals surface area contributed by atoms with E-state index >= 15 is 4.39 Å². The molecule has 0 bridgehead atoms. The van der Waals surface area contributed by atoms with E-state index in [2.05, 4.69) is 57.2 Å². The molecule has 5 rings (SSSR count). The summed E-state index contributed by atoms with van der Waals surface area (Å²) in [6.07, 6.45) is 20.4. The van der Waals surface area contributed by atoms with Crippen LogP contribution >= 0.6 is 0 Å². The normalized spacial score (nSPS) is 28.6. The van der Waals surface area contributed by atoms with E-state index in [1.165, 1.54) is 107 Å². The Labute approximate surface area is 233 Å². The van der Waals surface area contributed by atoms with E-state index < -0.39 is 0 Å². The van der Waals surface area contributed by atoms with Crippen LogP contribution in [0.1, 0.15) is 151 Å². The summed E-state index contributed by atoms with van der Waals surface area (Å²) in [5.74, 6) is 3.66. The Kier molecular flexibility index (Phi) is 9.33. The summed E-state index contributed by atoms with van der Waals surface area (Å²) in [4.78, 5) is 0. The van der Waals surface area contributed by atoms with E-state index in [1.54, 1.807) is 5.56 Å². The van der Waals surface area contributed by atoms with Crippen molar-refractivity contribution in [3.8, 4) is 0 Å². The van der Waals surface area contributed by atoms with Gasteiger partial charge in [-0.25, -0.2) is 4.39 Å². The van der Waals surface area contributed by atoms with Crippen LogP contribution in [0.4, 0.5) is 4.39 Å². The molecular formula is C37H53F. The summed E-state index contributed by atoms with van der Waals surface area (Å²) in [7, 11) is 0. The molecule has 0 aliphatic heterocycles. The second-order valence-corrected chi connectivity index (χ2v) is 13.5. The Balaban J connectivity index is 1.17. The zero-order chi connectivity index (χ0) is 26.5. The molecule has 2 aromatic carbocycles. The fourth-order valence-electron chi connectivity index (χ4n) is 8.98. The zero-order valence-corrected chi connectivity index (χ0v) is 24.6. The SMILES string of the molecule is CCCC(C)C1(c2ccc(C3CCC(C4CCC(c5ccc(CC)cc5)CC4)CC3)c(F)c2)CCCCC1. The van der Waals surface area contributed by atoms with Gasteiger partial charge in [0.05, 0.1) is 0 Å². The average Bonchev–Trinajstić information content (AvgIpc) is 2.98. The van der Waals surface area contributed by atoms with Crippen molar-refractivity contribution in [1.82, 2.24) is 0 Å². The van der Waals surface area contributed by atoms with E-state index in [9.17, 15) is 0 Å². The van der Waals surface area contributed by atoms with Gasteiger partial charge in [-0.1, -0.05) is 89.3 Å². The van der Waals surface area contributed by atoms with Crippen molar-refractivity contribution in [2.75, 3.05) is 0 Å². The standard InChI is InChI=1S/C37H53F/c1-4-9-27(3)37(24-7-6-8-25-37)34-22-23-35(36(38)26-34)33-20-18-32(19-21-33)31-16-14-30(15-17-31)29-12-10-28(5-2)11-13-29/h10-13,22-23,26-27,30-33H,4-9,14-21,24-25H2,1-3H3. The highest BCUT2D eigenvalue weighted by atomic mass is 19.1. The van der Waals surface area contributed by atoms with Crippen LogP contribution in [-0.2, 0) is 11.8 Å². The predicted molar refractivity (Wildman–Crippen MR) is 160 cm³/mol. The van der Waals surface area contributed by atoms with Crippen molar-refractivity contribution in [1.29, 1.82) is 0 Å². The molecule has 2 aromatic rings. The lowest BCUT2D eigenvalue weighted by Gasteiger charge is -2.43. The van der Waals surface area contributed by atoms with Crippen molar-refractivity contribution < 1.29 is 4.39 Å². The average molecular weight is 517 g/mol. The van der Waals surface area contributed by atoms with Gasteiger partial charge in [0.25, 0.3) is 0 Å². The third-order valence-corrected chi connectivity index (χ3v) is 11.5. The smallest absolute Gasteiger partial charge is 0.126 e.